The number of rotatable bonds is 7. The molecular formula is C16H20BrNOS. The van der Waals surface area contributed by atoms with Gasteiger partial charge in [0.1, 0.15) is 12.4 Å². The minimum atomic E-state index is 0.635. The van der Waals surface area contributed by atoms with Crippen molar-refractivity contribution in [3.8, 4) is 5.75 Å². The van der Waals surface area contributed by atoms with E-state index in [9.17, 15) is 0 Å². The van der Waals surface area contributed by atoms with Gasteiger partial charge in [0, 0.05) is 21.5 Å². The number of nitrogens with one attached hydrogen (secondary N) is 1. The van der Waals surface area contributed by atoms with Crippen molar-refractivity contribution in [2.24, 2.45) is 5.92 Å². The maximum Gasteiger partial charge on any atom is 0.124 e. The van der Waals surface area contributed by atoms with Crippen LogP contribution >= 0.6 is 27.3 Å². The minimum absolute atomic E-state index is 0.635. The summed E-state index contributed by atoms with van der Waals surface area (Å²) in [5, 5.41) is 5.54. The Morgan fingerprint density at radius 3 is 2.85 bits per heavy atom. The van der Waals surface area contributed by atoms with Crippen molar-refractivity contribution in [2.45, 2.75) is 27.0 Å². The Kier molecular flexibility index (Phi) is 6.07. The molecule has 0 aliphatic rings. The summed E-state index contributed by atoms with van der Waals surface area (Å²) in [4.78, 5) is 1.24. The molecule has 1 N–H and O–H groups in total. The van der Waals surface area contributed by atoms with Crippen molar-refractivity contribution >= 4 is 27.3 Å². The lowest BCUT2D eigenvalue weighted by molar-refractivity contribution is 0.305. The molecule has 0 spiro atoms. The molecule has 20 heavy (non-hydrogen) atoms. The van der Waals surface area contributed by atoms with Crippen molar-refractivity contribution in [2.75, 3.05) is 6.54 Å². The van der Waals surface area contributed by atoms with E-state index in [1.165, 1.54) is 10.4 Å². The normalized spacial score (nSPS) is 11.0. The highest BCUT2D eigenvalue weighted by Crippen LogP contribution is 2.24. The van der Waals surface area contributed by atoms with E-state index >= 15 is 0 Å². The molecule has 0 saturated heterocycles. The molecule has 0 atom stereocenters. The summed E-state index contributed by atoms with van der Waals surface area (Å²) in [5.74, 6) is 1.61. The summed E-state index contributed by atoms with van der Waals surface area (Å²) < 4.78 is 7.03. The summed E-state index contributed by atoms with van der Waals surface area (Å²) in [6.07, 6.45) is 0. The third-order valence-electron chi connectivity index (χ3n) is 2.84. The lowest BCUT2D eigenvalue weighted by atomic mass is 10.2. The maximum absolute atomic E-state index is 5.94. The SMILES string of the molecule is CC(C)CNCc1cc(Br)ccc1OCc1cccs1. The van der Waals surface area contributed by atoms with Gasteiger partial charge < -0.3 is 10.1 Å². The van der Waals surface area contributed by atoms with Crippen molar-refractivity contribution in [1.82, 2.24) is 5.32 Å². The molecule has 0 aliphatic carbocycles. The molecule has 2 nitrogen and oxygen atoms in total. The van der Waals surface area contributed by atoms with E-state index in [4.69, 9.17) is 4.74 Å². The predicted molar refractivity (Wildman–Crippen MR) is 89.3 cm³/mol. The second kappa shape index (κ2) is 7.81. The topological polar surface area (TPSA) is 21.3 Å². The van der Waals surface area contributed by atoms with E-state index in [0.29, 0.717) is 12.5 Å². The fraction of sp³-hybridized carbons (Fsp3) is 0.375. The van der Waals surface area contributed by atoms with Gasteiger partial charge in [0.25, 0.3) is 0 Å². The summed E-state index contributed by atoms with van der Waals surface area (Å²) >= 11 is 5.25. The van der Waals surface area contributed by atoms with Crippen LogP contribution in [0.2, 0.25) is 0 Å². The second-order valence-corrected chi connectivity index (χ2v) is 7.09. The molecule has 1 aromatic heterocycles. The van der Waals surface area contributed by atoms with Gasteiger partial charge in [0.2, 0.25) is 0 Å². The molecule has 0 saturated carbocycles. The molecule has 0 unspecified atom stereocenters. The van der Waals surface area contributed by atoms with E-state index in [-0.39, 0.29) is 0 Å². The molecule has 0 amide bonds. The van der Waals surface area contributed by atoms with Crippen LogP contribution in [0, 0.1) is 5.92 Å². The van der Waals surface area contributed by atoms with Crippen molar-refractivity contribution in [3.05, 3.63) is 50.6 Å². The Hall–Kier alpha value is -0.840. The fourth-order valence-electron chi connectivity index (χ4n) is 1.87. The van der Waals surface area contributed by atoms with E-state index in [1.54, 1.807) is 11.3 Å². The number of halogens is 1. The minimum Gasteiger partial charge on any atom is -0.488 e. The molecular weight excluding hydrogens is 334 g/mol. The number of ether oxygens (including phenoxy) is 1. The highest BCUT2D eigenvalue weighted by atomic mass is 79.9. The van der Waals surface area contributed by atoms with Gasteiger partial charge in [-0.05, 0) is 42.1 Å². The van der Waals surface area contributed by atoms with E-state index in [1.807, 2.05) is 12.1 Å². The number of hydrogen-bond donors (Lipinski definition) is 1. The summed E-state index contributed by atoms with van der Waals surface area (Å²) in [5.41, 5.74) is 1.19. The molecule has 0 fully saturated rings. The van der Waals surface area contributed by atoms with E-state index in [2.05, 4.69) is 58.7 Å². The Bertz CT molecular complexity index is 525. The predicted octanol–water partition coefficient (Wildman–Crippen LogP) is 4.84. The quantitative estimate of drug-likeness (QED) is 0.769. The van der Waals surface area contributed by atoms with Crippen LogP contribution in [0.25, 0.3) is 0 Å². The Labute approximate surface area is 133 Å². The lowest BCUT2D eigenvalue weighted by Gasteiger charge is -2.13. The first-order valence-corrected chi connectivity index (χ1v) is 8.46. The smallest absolute Gasteiger partial charge is 0.124 e. The van der Waals surface area contributed by atoms with E-state index < -0.39 is 0 Å². The van der Waals surface area contributed by atoms with Crippen LogP contribution in [0.15, 0.2) is 40.2 Å². The molecule has 108 valence electrons. The van der Waals surface area contributed by atoms with Crippen molar-refractivity contribution in [1.29, 1.82) is 0 Å². The van der Waals surface area contributed by atoms with Gasteiger partial charge in [-0.3, -0.25) is 0 Å². The Balaban J connectivity index is 1.99. The molecule has 4 heteroatoms. The molecule has 2 rings (SSSR count). The third kappa shape index (κ3) is 4.93. The Morgan fingerprint density at radius 2 is 2.15 bits per heavy atom. The average molecular weight is 354 g/mol. The van der Waals surface area contributed by atoms with Crippen LogP contribution in [0.1, 0.15) is 24.3 Å². The third-order valence-corrected chi connectivity index (χ3v) is 4.18. The highest BCUT2D eigenvalue weighted by molar-refractivity contribution is 9.10. The average Bonchev–Trinajstić information content (AvgIpc) is 2.90. The zero-order valence-corrected chi connectivity index (χ0v) is 14.3. The monoisotopic (exact) mass is 353 g/mol. The van der Waals surface area contributed by atoms with Gasteiger partial charge in [-0.1, -0.05) is 35.8 Å². The molecule has 1 heterocycles. The lowest BCUT2D eigenvalue weighted by Crippen LogP contribution is -2.19. The molecule has 0 radical (unpaired) electrons. The molecule has 2 aromatic rings. The van der Waals surface area contributed by atoms with Crippen LogP contribution < -0.4 is 10.1 Å². The Morgan fingerprint density at radius 1 is 1.30 bits per heavy atom. The summed E-state index contributed by atoms with van der Waals surface area (Å²) in [7, 11) is 0. The first-order valence-electron chi connectivity index (χ1n) is 6.79. The summed E-state index contributed by atoms with van der Waals surface area (Å²) in [6.45, 7) is 6.90. The van der Waals surface area contributed by atoms with Crippen LogP contribution in [0.4, 0.5) is 0 Å². The molecule has 0 bridgehead atoms. The van der Waals surface area contributed by atoms with Gasteiger partial charge in [-0.15, -0.1) is 11.3 Å². The highest BCUT2D eigenvalue weighted by Gasteiger charge is 2.06. The van der Waals surface area contributed by atoms with Crippen molar-refractivity contribution in [3.63, 3.8) is 0 Å². The zero-order valence-electron chi connectivity index (χ0n) is 11.9. The first-order chi connectivity index (χ1) is 9.65. The maximum atomic E-state index is 5.94. The van der Waals surface area contributed by atoms with Crippen LogP contribution in [0.3, 0.4) is 0 Å². The number of thiophene rings is 1. The van der Waals surface area contributed by atoms with Crippen LogP contribution in [-0.4, -0.2) is 6.54 Å². The van der Waals surface area contributed by atoms with E-state index in [0.717, 1.165) is 23.3 Å². The van der Waals surface area contributed by atoms with Crippen LogP contribution in [-0.2, 0) is 13.2 Å². The summed E-state index contributed by atoms with van der Waals surface area (Å²) in [6, 6.07) is 10.3. The molecule has 1 aromatic carbocycles. The van der Waals surface area contributed by atoms with Crippen molar-refractivity contribution < 1.29 is 4.74 Å². The van der Waals surface area contributed by atoms with Gasteiger partial charge in [-0.2, -0.15) is 0 Å². The van der Waals surface area contributed by atoms with Gasteiger partial charge in [0.15, 0.2) is 0 Å². The zero-order chi connectivity index (χ0) is 14.4. The number of benzene rings is 1. The fourth-order valence-corrected chi connectivity index (χ4v) is 2.89. The second-order valence-electron chi connectivity index (χ2n) is 5.14. The van der Waals surface area contributed by atoms with Gasteiger partial charge in [-0.25, -0.2) is 0 Å². The first kappa shape index (κ1) is 15.5. The van der Waals surface area contributed by atoms with Gasteiger partial charge in [0.05, 0.1) is 0 Å². The number of hydrogen-bond acceptors (Lipinski definition) is 3. The molecule has 0 aliphatic heterocycles. The standard InChI is InChI=1S/C16H20BrNOS/c1-12(2)9-18-10-13-8-14(17)5-6-16(13)19-11-15-4-3-7-20-15/h3-8,12,18H,9-11H2,1-2H3. The van der Waals surface area contributed by atoms with Crippen LogP contribution in [0.5, 0.6) is 5.75 Å². The largest absolute Gasteiger partial charge is 0.488 e. The van der Waals surface area contributed by atoms with Gasteiger partial charge >= 0.3 is 0 Å².